The van der Waals surface area contributed by atoms with Gasteiger partial charge in [-0.05, 0) is 0 Å². The van der Waals surface area contributed by atoms with E-state index < -0.39 is 0 Å². The highest BCUT2D eigenvalue weighted by Crippen LogP contribution is 2.13. The Morgan fingerprint density at radius 3 is 3.18 bits per heavy atom. The smallest absolute Gasteiger partial charge is 0.165 e. The van der Waals surface area contributed by atoms with Crippen molar-refractivity contribution in [2.75, 3.05) is 11.1 Å². The van der Waals surface area contributed by atoms with Crippen molar-refractivity contribution in [3.63, 3.8) is 0 Å². The summed E-state index contributed by atoms with van der Waals surface area (Å²) in [7, 11) is 0. The van der Waals surface area contributed by atoms with Crippen molar-refractivity contribution in [3.8, 4) is 0 Å². The molecule has 11 heavy (non-hydrogen) atoms. The number of hydrogen-bond acceptors (Lipinski definition) is 3. The first-order valence-corrected chi connectivity index (χ1v) is 5.30. The zero-order valence-electron chi connectivity index (χ0n) is 5.83. The van der Waals surface area contributed by atoms with Crippen molar-refractivity contribution >= 4 is 27.7 Å². The third-order valence-electron chi connectivity index (χ3n) is 1.06. The number of halogens is 1. The standard InChI is InChI=1S/C6H9BrN2OS/c7-3-5(10)4-11-6-8-1-2-9-6/h1-2,5,10H,3-4H2,(H,8,9). The molecule has 3 nitrogen and oxygen atoms in total. The average molecular weight is 237 g/mol. The quantitative estimate of drug-likeness (QED) is 0.612. The number of aliphatic hydroxyl groups is 1. The van der Waals surface area contributed by atoms with Crippen LogP contribution in [0.3, 0.4) is 0 Å². The van der Waals surface area contributed by atoms with Crippen LogP contribution in [-0.2, 0) is 0 Å². The normalized spacial score (nSPS) is 13.3. The van der Waals surface area contributed by atoms with E-state index in [0.717, 1.165) is 5.16 Å². The molecular formula is C6H9BrN2OS. The minimum atomic E-state index is -0.301. The highest BCUT2D eigenvalue weighted by atomic mass is 79.9. The maximum Gasteiger partial charge on any atom is 0.165 e. The van der Waals surface area contributed by atoms with Crippen LogP contribution >= 0.6 is 27.7 Å². The van der Waals surface area contributed by atoms with Crippen LogP contribution in [0.5, 0.6) is 0 Å². The monoisotopic (exact) mass is 236 g/mol. The van der Waals surface area contributed by atoms with Crippen molar-refractivity contribution in [3.05, 3.63) is 12.4 Å². The largest absolute Gasteiger partial charge is 0.391 e. The van der Waals surface area contributed by atoms with Crippen LogP contribution in [0, 0.1) is 0 Å². The molecule has 1 rings (SSSR count). The summed E-state index contributed by atoms with van der Waals surface area (Å²) in [5, 5.41) is 10.6. The van der Waals surface area contributed by atoms with Crippen LogP contribution in [-0.4, -0.2) is 32.3 Å². The second kappa shape index (κ2) is 4.79. The first-order chi connectivity index (χ1) is 5.33. The fourth-order valence-corrected chi connectivity index (χ4v) is 1.84. The van der Waals surface area contributed by atoms with Gasteiger partial charge in [0.1, 0.15) is 0 Å². The van der Waals surface area contributed by atoms with Gasteiger partial charge in [-0.3, -0.25) is 0 Å². The van der Waals surface area contributed by atoms with Crippen LogP contribution < -0.4 is 0 Å². The maximum absolute atomic E-state index is 9.15. The molecule has 1 aromatic rings. The fraction of sp³-hybridized carbons (Fsp3) is 0.500. The molecular weight excluding hydrogens is 228 g/mol. The van der Waals surface area contributed by atoms with Gasteiger partial charge in [0.05, 0.1) is 6.10 Å². The summed E-state index contributed by atoms with van der Waals surface area (Å²) in [6, 6.07) is 0. The SMILES string of the molecule is OC(CBr)CSc1ncc[nH]1. The van der Waals surface area contributed by atoms with E-state index in [1.54, 1.807) is 12.4 Å². The average Bonchev–Trinajstić information content (AvgIpc) is 2.52. The van der Waals surface area contributed by atoms with Gasteiger partial charge in [-0.15, -0.1) is 0 Å². The lowest BCUT2D eigenvalue weighted by molar-refractivity contribution is 0.226. The molecule has 0 radical (unpaired) electrons. The lowest BCUT2D eigenvalue weighted by atomic mass is 10.5. The molecule has 5 heteroatoms. The first-order valence-electron chi connectivity index (χ1n) is 3.19. The summed E-state index contributed by atoms with van der Waals surface area (Å²) in [4.78, 5) is 6.95. The fourth-order valence-electron chi connectivity index (χ4n) is 0.549. The van der Waals surface area contributed by atoms with Crippen LogP contribution in [0.1, 0.15) is 0 Å². The summed E-state index contributed by atoms with van der Waals surface area (Å²) < 4.78 is 0. The summed E-state index contributed by atoms with van der Waals surface area (Å²) in [6.07, 6.45) is 3.16. The Labute approximate surface area is 77.7 Å². The van der Waals surface area contributed by atoms with Crippen molar-refractivity contribution in [2.24, 2.45) is 0 Å². The third-order valence-corrected chi connectivity index (χ3v) is 2.86. The molecule has 0 spiro atoms. The predicted octanol–water partition coefficient (Wildman–Crippen LogP) is 1.26. The Hall–Kier alpha value is 0. The summed E-state index contributed by atoms with van der Waals surface area (Å²) in [6.45, 7) is 0. The lowest BCUT2D eigenvalue weighted by Gasteiger charge is -2.02. The van der Waals surface area contributed by atoms with Crippen molar-refractivity contribution in [1.29, 1.82) is 0 Å². The number of aromatic amines is 1. The van der Waals surface area contributed by atoms with Crippen molar-refractivity contribution in [2.45, 2.75) is 11.3 Å². The number of rotatable bonds is 4. The molecule has 1 atom stereocenters. The molecule has 0 amide bonds. The molecule has 0 bridgehead atoms. The first kappa shape index (κ1) is 9.09. The van der Waals surface area contributed by atoms with Crippen LogP contribution in [0.15, 0.2) is 17.6 Å². The van der Waals surface area contributed by atoms with Crippen LogP contribution in [0.2, 0.25) is 0 Å². The van der Waals surface area contributed by atoms with Gasteiger partial charge in [-0.1, -0.05) is 27.7 Å². The summed E-state index contributed by atoms with van der Waals surface area (Å²) in [5.41, 5.74) is 0. The van der Waals surface area contributed by atoms with Gasteiger partial charge in [0, 0.05) is 23.5 Å². The van der Waals surface area contributed by atoms with E-state index in [-0.39, 0.29) is 6.10 Å². The van der Waals surface area contributed by atoms with Gasteiger partial charge in [-0.2, -0.15) is 0 Å². The molecule has 0 aliphatic rings. The number of thioether (sulfide) groups is 1. The second-order valence-electron chi connectivity index (χ2n) is 2.01. The molecule has 0 aliphatic carbocycles. The Balaban J connectivity index is 2.23. The van der Waals surface area contributed by atoms with Crippen LogP contribution in [0.4, 0.5) is 0 Å². The van der Waals surface area contributed by atoms with Crippen molar-refractivity contribution in [1.82, 2.24) is 9.97 Å². The molecule has 1 heterocycles. The number of hydrogen-bond donors (Lipinski definition) is 2. The molecule has 0 aromatic carbocycles. The van der Waals surface area contributed by atoms with Crippen LogP contribution in [0.25, 0.3) is 0 Å². The number of aliphatic hydroxyl groups excluding tert-OH is 1. The van der Waals surface area contributed by atoms with E-state index in [2.05, 4.69) is 25.9 Å². The highest BCUT2D eigenvalue weighted by molar-refractivity contribution is 9.09. The minimum Gasteiger partial charge on any atom is -0.391 e. The van der Waals surface area contributed by atoms with E-state index in [0.29, 0.717) is 11.1 Å². The number of nitrogens with zero attached hydrogens (tertiary/aromatic N) is 1. The maximum atomic E-state index is 9.15. The van der Waals surface area contributed by atoms with Gasteiger partial charge in [-0.25, -0.2) is 4.98 Å². The Morgan fingerprint density at radius 1 is 1.82 bits per heavy atom. The predicted molar refractivity (Wildman–Crippen MR) is 49.1 cm³/mol. The highest BCUT2D eigenvalue weighted by Gasteiger charge is 2.03. The topological polar surface area (TPSA) is 48.9 Å². The molecule has 1 unspecified atom stereocenters. The summed E-state index contributed by atoms with van der Waals surface area (Å²) >= 11 is 4.70. The zero-order valence-corrected chi connectivity index (χ0v) is 8.23. The number of imidazole rings is 1. The number of aromatic nitrogens is 2. The molecule has 0 saturated carbocycles. The van der Waals surface area contributed by atoms with E-state index in [9.17, 15) is 0 Å². The van der Waals surface area contributed by atoms with Gasteiger partial charge < -0.3 is 10.1 Å². The molecule has 62 valence electrons. The molecule has 0 saturated heterocycles. The lowest BCUT2D eigenvalue weighted by Crippen LogP contribution is -2.10. The molecule has 2 N–H and O–H groups in total. The zero-order chi connectivity index (χ0) is 8.10. The molecule has 0 fully saturated rings. The van der Waals surface area contributed by atoms with E-state index in [4.69, 9.17) is 5.11 Å². The van der Waals surface area contributed by atoms with Gasteiger partial charge >= 0.3 is 0 Å². The Bertz CT molecular complexity index is 192. The van der Waals surface area contributed by atoms with Gasteiger partial charge in [0.15, 0.2) is 5.16 Å². The number of alkyl halides is 1. The van der Waals surface area contributed by atoms with E-state index in [1.165, 1.54) is 11.8 Å². The van der Waals surface area contributed by atoms with Crippen molar-refractivity contribution < 1.29 is 5.11 Å². The number of nitrogens with one attached hydrogen (secondary N) is 1. The number of H-pyrrole nitrogens is 1. The minimum absolute atomic E-state index is 0.301. The third kappa shape index (κ3) is 3.27. The van der Waals surface area contributed by atoms with Gasteiger partial charge in [0.2, 0.25) is 0 Å². The van der Waals surface area contributed by atoms with Gasteiger partial charge in [0.25, 0.3) is 0 Å². The Kier molecular flexibility index (Phi) is 3.96. The van der Waals surface area contributed by atoms with E-state index >= 15 is 0 Å². The van der Waals surface area contributed by atoms with E-state index in [1.807, 2.05) is 0 Å². The summed E-state index contributed by atoms with van der Waals surface area (Å²) in [5.74, 6) is 0.665. The Morgan fingerprint density at radius 2 is 2.64 bits per heavy atom. The second-order valence-corrected chi connectivity index (χ2v) is 3.67. The molecule has 0 aliphatic heterocycles. The molecule has 1 aromatic heterocycles.